The second-order valence-corrected chi connectivity index (χ2v) is 5.41. The van der Waals surface area contributed by atoms with E-state index in [0.29, 0.717) is 13.0 Å². The van der Waals surface area contributed by atoms with E-state index in [1.54, 1.807) is 13.0 Å². The minimum absolute atomic E-state index is 0.0410. The Morgan fingerprint density at radius 2 is 2.09 bits per heavy atom. The number of phenols is 2. The first-order valence-electron chi connectivity index (χ1n) is 7.02. The smallest absolute Gasteiger partial charge is 0.334 e. The Kier molecular flexibility index (Phi) is 4.87. The third kappa shape index (κ3) is 3.67. The van der Waals surface area contributed by atoms with Crippen LogP contribution in [0.25, 0.3) is 0 Å². The third-order valence-electron chi connectivity index (χ3n) is 3.66. The Balaban J connectivity index is 1.99. The van der Waals surface area contributed by atoms with Gasteiger partial charge in [0.2, 0.25) is 5.91 Å². The average molecular weight is 309 g/mol. The maximum Gasteiger partial charge on any atom is 0.334 e. The molecular weight excluding hydrogens is 290 g/mol. The molecule has 3 N–H and O–H groups in total. The molecule has 1 fully saturated rings. The summed E-state index contributed by atoms with van der Waals surface area (Å²) in [6.45, 7) is 2.36. The number of rotatable bonds is 4. The van der Waals surface area contributed by atoms with Crippen molar-refractivity contribution in [2.24, 2.45) is 5.92 Å². The molecule has 120 valence electrons. The number of benzene rings is 1. The van der Waals surface area contributed by atoms with Gasteiger partial charge in [-0.15, -0.1) is 0 Å². The standard InChI is InChI=1S/C15H19NO6/c1-9(6-10-2-3-11(17)12(18)7-10)14(19)16-4-5-22-13(8-16)15(20)21/h2-3,7,9,13,17-18H,4-6,8H2,1H3,(H,20,21). The zero-order valence-corrected chi connectivity index (χ0v) is 12.2. The summed E-state index contributed by atoms with van der Waals surface area (Å²) in [7, 11) is 0. The number of phenolic OH excluding ortho intramolecular Hbond substituents is 2. The number of hydrogen-bond acceptors (Lipinski definition) is 5. The number of aromatic hydroxyl groups is 2. The van der Waals surface area contributed by atoms with Crippen LogP contribution >= 0.6 is 0 Å². The summed E-state index contributed by atoms with van der Waals surface area (Å²) in [5, 5.41) is 27.7. The highest BCUT2D eigenvalue weighted by atomic mass is 16.5. The number of hydrogen-bond donors (Lipinski definition) is 3. The molecule has 1 aromatic rings. The van der Waals surface area contributed by atoms with E-state index in [1.165, 1.54) is 17.0 Å². The Morgan fingerprint density at radius 3 is 2.73 bits per heavy atom. The summed E-state index contributed by atoms with van der Waals surface area (Å²) < 4.78 is 5.09. The van der Waals surface area contributed by atoms with Crippen molar-refractivity contribution in [3.05, 3.63) is 23.8 Å². The molecule has 0 saturated carbocycles. The molecule has 22 heavy (non-hydrogen) atoms. The summed E-state index contributed by atoms with van der Waals surface area (Å²) in [4.78, 5) is 24.8. The monoisotopic (exact) mass is 309 g/mol. The van der Waals surface area contributed by atoms with Crippen molar-refractivity contribution < 1.29 is 29.6 Å². The van der Waals surface area contributed by atoms with Gasteiger partial charge in [-0.3, -0.25) is 4.79 Å². The Labute approximate surface area is 127 Å². The number of nitrogens with zero attached hydrogens (tertiary/aromatic N) is 1. The summed E-state index contributed by atoms with van der Waals surface area (Å²) in [5.41, 5.74) is 0.721. The lowest BCUT2D eigenvalue weighted by atomic mass is 9.99. The second-order valence-electron chi connectivity index (χ2n) is 5.41. The van der Waals surface area contributed by atoms with Crippen LogP contribution in [0, 0.1) is 5.92 Å². The molecule has 0 aromatic heterocycles. The van der Waals surface area contributed by atoms with Crippen molar-refractivity contribution in [1.29, 1.82) is 0 Å². The average Bonchev–Trinajstić information content (AvgIpc) is 2.50. The molecule has 2 rings (SSSR count). The van der Waals surface area contributed by atoms with Crippen LogP contribution in [0.4, 0.5) is 0 Å². The topological polar surface area (TPSA) is 107 Å². The zero-order chi connectivity index (χ0) is 16.3. The first-order valence-corrected chi connectivity index (χ1v) is 7.02. The van der Waals surface area contributed by atoms with Gasteiger partial charge in [0.15, 0.2) is 17.6 Å². The number of morpholine rings is 1. The van der Waals surface area contributed by atoms with Crippen LogP contribution in [0.5, 0.6) is 11.5 Å². The molecular formula is C15H19NO6. The van der Waals surface area contributed by atoms with Crippen LogP contribution in [0.2, 0.25) is 0 Å². The third-order valence-corrected chi connectivity index (χ3v) is 3.66. The molecule has 1 aliphatic heterocycles. The molecule has 1 amide bonds. The van der Waals surface area contributed by atoms with Crippen LogP contribution < -0.4 is 0 Å². The van der Waals surface area contributed by atoms with Crippen molar-refractivity contribution in [2.75, 3.05) is 19.7 Å². The number of carbonyl (C=O) groups is 2. The van der Waals surface area contributed by atoms with E-state index in [9.17, 15) is 19.8 Å². The molecule has 1 aromatic carbocycles. The summed E-state index contributed by atoms with van der Waals surface area (Å²) in [6, 6.07) is 4.42. The van der Waals surface area contributed by atoms with Gasteiger partial charge in [0.25, 0.3) is 0 Å². The SMILES string of the molecule is CC(Cc1ccc(O)c(O)c1)C(=O)N1CCOC(C(=O)O)C1. The molecule has 2 unspecified atom stereocenters. The Hall–Kier alpha value is -2.28. The van der Waals surface area contributed by atoms with Crippen LogP contribution in [-0.2, 0) is 20.7 Å². The minimum atomic E-state index is -1.08. The zero-order valence-electron chi connectivity index (χ0n) is 12.2. The molecule has 2 atom stereocenters. The van der Waals surface area contributed by atoms with Gasteiger partial charge in [0, 0.05) is 12.5 Å². The van der Waals surface area contributed by atoms with E-state index in [0.717, 1.165) is 5.56 Å². The van der Waals surface area contributed by atoms with Crippen LogP contribution in [-0.4, -0.2) is 57.9 Å². The van der Waals surface area contributed by atoms with Crippen molar-refractivity contribution in [3.8, 4) is 11.5 Å². The highest BCUT2D eigenvalue weighted by Gasteiger charge is 2.30. The molecule has 0 bridgehead atoms. The highest BCUT2D eigenvalue weighted by Crippen LogP contribution is 2.26. The van der Waals surface area contributed by atoms with Crippen LogP contribution in [0.1, 0.15) is 12.5 Å². The molecule has 7 nitrogen and oxygen atoms in total. The van der Waals surface area contributed by atoms with E-state index in [4.69, 9.17) is 9.84 Å². The Morgan fingerprint density at radius 1 is 1.36 bits per heavy atom. The molecule has 7 heteroatoms. The van der Waals surface area contributed by atoms with Gasteiger partial charge in [0.05, 0.1) is 13.2 Å². The van der Waals surface area contributed by atoms with Gasteiger partial charge in [-0.2, -0.15) is 0 Å². The van der Waals surface area contributed by atoms with Crippen molar-refractivity contribution in [1.82, 2.24) is 4.90 Å². The maximum absolute atomic E-state index is 12.4. The summed E-state index contributed by atoms with van der Waals surface area (Å²) >= 11 is 0. The van der Waals surface area contributed by atoms with Crippen molar-refractivity contribution in [2.45, 2.75) is 19.4 Å². The fourth-order valence-electron chi connectivity index (χ4n) is 2.45. The lowest BCUT2D eigenvalue weighted by Crippen LogP contribution is -2.50. The number of carboxylic acids is 1. The molecule has 0 spiro atoms. The second kappa shape index (κ2) is 6.65. The van der Waals surface area contributed by atoms with Crippen molar-refractivity contribution in [3.63, 3.8) is 0 Å². The molecule has 0 aliphatic carbocycles. The van der Waals surface area contributed by atoms with E-state index >= 15 is 0 Å². The van der Waals surface area contributed by atoms with E-state index in [2.05, 4.69) is 0 Å². The Bertz CT molecular complexity index is 573. The number of ether oxygens (including phenoxy) is 1. The van der Waals surface area contributed by atoms with E-state index < -0.39 is 12.1 Å². The molecule has 1 heterocycles. The van der Waals surface area contributed by atoms with Crippen LogP contribution in [0.15, 0.2) is 18.2 Å². The maximum atomic E-state index is 12.4. The fraction of sp³-hybridized carbons (Fsp3) is 0.467. The lowest BCUT2D eigenvalue weighted by molar-refractivity contribution is -0.160. The predicted molar refractivity (Wildman–Crippen MR) is 76.6 cm³/mol. The highest BCUT2D eigenvalue weighted by molar-refractivity contribution is 5.80. The largest absolute Gasteiger partial charge is 0.504 e. The molecule has 0 radical (unpaired) electrons. The van der Waals surface area contributed by atoms with Crippen LogP contribution in [0.3, 0.4) is 0 Å². The van der Waals surface area contributed by atoms with Gasteiger partial charge < -0.3 is 25.0 Å². The quantitative estimate of drug-likeness (QED) is 0.703. The molecule has 1 aliphatic rings. The number of aliphatic carboxylic acids is 1. The summed E-state index contributed by atoms with van der Waals surface area (Å²) in [6.07, 6.45) is -0.593. The van der Waals surface area contributed by atoms with E-state index in [1.807, 2.05) is 0 Å². The number of amides is 1. The number of carboxylic acid groups (broad SMARTS) is 1. The summed E-state index contributed by atoms with van der Waals surface area (Å²) in [5.74, 6) is -2.03. The van der Waals surface area contributed by atoms with Gasteiger partial charge in [-0.25, -0.2) is 4.79 Å². The predicted octanol–water partition coefficient (Wildman–Crippen LogP) is 0.588. The first kappa shape index (κ1) is 16.1. The van der Waals surface area contributed by atoms with Gasteiger partial charge in [-0.05, 0) is 24.1 Å². The van der Waals surface area contributed by atoms with E-state index in [-0.39, 0.29) is 36.5 Å². The fourth-order valence-corrected chi connectivity index (χ4v) is 2.45. The first-order chi connectivity index (χ1) is 10.4. The minimum Gasteiger partial charge on any atom is -0.504 e. The van der Waals surface area contributed by atoms with Crippen molar-refractivity contribution >= 4 is 11.9 Å². The normalized spacial score (nSPS) is 19.7. The van der Waals surface area contributed by atoms with Gasteiger partial charge in [-0.1, -0.05) is 13.0 Å². The molecule has 1 saturated heterocycles. The number of carbonyl (C=O) groups excluding carboxylic acids is 1. The lowest BCUT2D eigenvalue weighted by Gasteiger charge is -2.32. The van der Waals surface area contributed by atoms with Gasteiger partial charge in [0.1, 0.15) is 0 Å². The van der Waals surface area contributed by atoms with Gasteiger partial charge >= 0.3 is 5.97 Å².